The van der Waals surface area contributed by atoms with Crippen LogP contribution in [0.1, 0.15) is 26.3 Å². The first-order valence-electron chi connectivity index (χ1n) is 6.81. The summed E-state index contributed by atoms with van der Waals surface area (Å²) in [5.41, 5.74) is 3.14. The Hall–Kier alpha value is -1.52. The van der Waals surface area contributed by atoms with E-state index in [1.807, 2.05) is 6.07 Å². The van der Waals surface area contributed by atoms with Gasteiger partial charge in [0.2, 0.25) is 0 Å². The van der Waals surface area contributed by atoms with Gasteiger partial charge < -0.3 is 10.6 Å². The fourth-order valence-corrected chi connectivity index (χ4v) is 1.90. The van der Waals surface area contributed by atoms with E-state index >= 15 is 0 Å². The molecule has 2 aromatic rings. The largest absolute Gasteiger partial charge is 0.313 e. The Bertz CT molecular complexity index is 524. The standard InChI is InChI=1S/C15H22N4/c1-11(2)18-9-12(3)19-10-13-4-5-14-15(8-13)17-7-6-16-14/h4-8,11-12,18-19H,9-10H2,1-3H3. The second-order valence-corrected chi connectivity index (χ2v) is 5.22. The smallest absolute Gasteiger partial charge is 0.0890 e. The molecule has 0 aliphatic heterocycles. The fourth-order valence-electron chi connectivity index (χ4n) is 1.90. The van der Waals surface area contributed by atoms with Gasteiger partial charge >= 0.3 is 0 Å². The van der Waals surface area contributed by atoms with Crippen molar-refractivity contribution in [3.63, 3.8) is 0 Å². The number of rotatable bonds is 6. The average molecular weight is 258 g/mol. The van der Waals surface area contributed by atoms with E-state index in [-0.39, 0.29) is 0 Å². The minimum absolute atomic E-state index is 0.444. The predicted octanol–water partition coefficient (Wildman–Crippen LogP) is 2.11. The van der Waals surface area contributed by atoms with Gasteiger partial charge in [-0.15, -0.1) is 0 Å². The quantitative estimate of drug-likeness (QED) is 0.833. The summed E-state index contributed by atoms with van der Waals surface area (Å²) in [7, 11) is 0. The van der Waals surface area contributed by atoms with Crippen molar-refractivity contribution in [3.05, 3.63) is 36.2 Å². The fraction of sp³-hybridized carbons (Fsp3) is 0.467. The second kappa shape index (κ2) is 6.59. The van der Waals surface area contributed by atoms with Crippen LogP contribution in [0.3, 0.4) is 0 Å². The first-order chi connectivity index (χ1) is 9.15. The summed E-state index contributed by atoms with van der Waals surface area (Å²) in [4.78, 5) is 8.60. The van der Waals surface area contributed by atoms with Crippen LogP contribution in [0.15, 0.2) is 30.6 Å². The van der Waals surface area contributed by atoms with Crippen molar-refractivity contribution in [2.75, 3.05) is 6.54 Å². The van der Waals surface area contributed by atoms with Gasteiger partial charge in [-0.2, -0.15) is 0 Å². The van der Waals surface area contributed by atoms with Gasteiger partial charge in [-0.3, -0.25) is 9.97 Å². The molecule has 102 valence electrons. The molecule has 1 aromatic heterocycles. The Labute approximate surface area is 114 Å². The molecule has 2 rings (SSSR count). The van der Waals surface area contributed by atoms with Crippen LogP contribution in [-0.4, -0.2) is 28.6 Å². The molecule has 1 atom stereocenters. The van der Waals surface area contributed by atoms with Crippen molar-refractivity contribution in [2.24, 2.45) is 0 Å². The highest BCUT2D eigenvalue weighted by Gasteiger charge is 2.03. The molecule has 19 heavy (non-hydrogen) atoms. The van der Waals surface area contributed by atoms with Gasteiger partial charge in [-0.05, 0) is 24.6 Å². The summed E-state index contributed by atoms with van der Waals surface area (Å²) < 4.78 is 0. The van der Waals surface area contributed by atoms with Gasteiger partial charge in [0.25, 0.3) is 0 Å². The van der Waals surface area contributed by atoms with Crippen molar-refractivity contribution in [2.45, 2.75) is 39.4 Å². The lowest BCUT2D eigenvalue weighted by molar-refractivity contribution is 0.474. The number of nitrogens with one attached hydrogen (secondary N) is 2. The third kappa shape index (κ3) is 4.26. The molecule has 0 spiro atoms. The first-order valence-corrected chi connectivity index (χ1v) is 6.81. The van der Waals surface area contributed by atoms with Gasteiger partial charge in [0.1, 0.15) is 0 Å². The molecule has 1 unspecified atom stereocenters. The van der Waals surface area contributed by atoms with E-state index in [4.69, 9.17) is 0 Å². The maximum atomic E-state index is 4.33. The van der Waals surface area contributed by atoms with Crippen molar-refractivity contribution in [1.29, 1.82) is 0 Å². The molecule has 4 nitrogen and oxygen atoms in total. The van der Waals surface area contributed by atoms with Crippen LogP contribution in [0, 0.1) is 0 Å². The predicted molar refractivity (Wildman–Crippen MR) is 79.0 cm³/mol. The maximum absolute atomic E-state index is 4.33. The third-order valence-electron chi connectivity index (χ3n) is 3.02. The van der Waals surface area contributed by atoms with Gasteiger partial charge in [0, 0.05) is 37.6 Å². The van der Waals surface area contributed by atoms with E-state index in [9.17, 15) is 0 Å². The second-order valence-electron chi connectivity index (χ2n) is 5.22. The minimum atomic E-state index is 0.444. The van der Waals surface area contributed by atoms with Gasteiger partial charge in [0.15, 0.2) is 0 Å². The molecule has 0 saturated heterocycles. The summed E-state index contributed by atoms with van der Waals surface area (Å²) in [5.74, 6) is 0. The Morgan fingerprint density at radius 2 is 1.74 bits per heavy atom. The van der Waals surface area contributed by atoms with Crippen LogP contribution in [0.25, 0.3) is 11.0 Å². The lowest BCUT2D eigenvalue weighted by Crippen LogP contribution is -2.38. The van der Waals surface area contributed by atoms with Crippen molar-refractivity contribution < 1.29 is 0 Å². The highest BCUT2D eigenvalue weighted by Crippen LogP contribution is 2.10. The van der Waals surface area contributed by atoms with Gasteiger partial charge in [-0.1, -0.05) is 19.9 Å². The zero-order valence-corrected chi connectivity index (χ0v) is 11.9. The van der Waals surface area contributed by atoms with Crippen LogP contribution in [0.5, 0.6) is 0 Å². The molecule has 1 heterocycles. The molecular weight excluding hydrogens is 236 g/mol. The van der Waals surface area contributed by atoms with Crippen LogP contribution in [0.4, 0.5) is 0 Å². The highest BCUT2D eigenvalue weighted by atomic mass is 15.0. The molecule has 0 radical (unpaired) electrons. The molecule has 0 aliphatic rings. The summed E-state index contributed by atoms with van der Waals surface area (Å²) in [6, 6.07) is 7.20. The van der Waals surface area contributed by atoms with E-state index in [2.05, 4.69) is 53.5 Å². The normalized spacial score (nSPS) is 13.1. The SMILES string of the molecule is CC(C)NCC(C)NCc1ccc2nccnc2c1. The number of hydrogen-bond acceptors (Lipinski definition) is 4. The van der Waals surface area contributed by atoms with Gasteiger partial charge in [-0.25, -0.2) is 0 Å². The van der Waals surface area contributed by atoms with E-state index in [0.29, 0.717) is 12.1 Å². The van der Waals surface area contributed by atoms with Crippen LogP contribution in [-0.2, 0) is 6.54 Å². The lowest BCUT2D eigenvalue weighted by atomic mass is 10.2. The summed E-state index contributed by atoms with van der Waals surface area (Å²) >= 11 is 0. The van der Waals surface area contributed by atoms with Crippen molar-refractivity contribution in [3.8, 4) is 0 Å². The first kappa shape index (κ1) is 13.9. The topological polar surface area (TPSA) is 49.8 Å². The zero-order valence-electron chi connectivity index (χ0n) is 11.9. The van der Waals surface area contributed by atoms with Gasteiger partial charge in [0.05, 0.1) is 11.0 Å². The van der Waals surface area contributed by atoms with E-state index < -0.39 is 0 Å². The van der Waals surface area contributed by atoms with Crippen LogP contribution < -0.4 is 10.6 Å². The number of nitrogens with zero attached hydrogens (tertiary/aromatic N) is 2. The Balaban J connectivity index is 1.90. The molecule has 0 amide bonds. The molecule has 4 heteroatoms. The Kier molecular flexibility index (Phi) is 4.82. The molecular formula is C15H22N4. The minimum Gasteiger partial charge on any atom is -0.313 e. The van der Waals surface area contributed by atoms with E-state index in [0.717, 1.165) is 24.1 Å². The molecule has 0 bridgehead atoms. The number of fused-ring (bicyclic) bond motifs is 1. The lowest BCUT2D eigenvalue weighted by Gasteiger charge is -2.16. The number of hydrogen-bond donors (Lipinski definition) is 2. The maximum Gasteiger partial charge on any atom is 0.0890 e. The molecule has 2 N–H and O–H groups in total. The summed E-state index contributed by atoms with van der Waals surface area (Å²) in [6.07, 6.45) is 3.45. The zero-order chi connectivity index (χ0) is 13.7. The third-order valence-corrected chi connectivity index (χ3v) is 3.02. The molecule has 1 aromatic carbocycles. The number of benzene rings is 1. The van der Waals surface area contributed by atoms with Crippen LogP contribution >= 0.6 is 0 Å². The number of aromatic nitrogens is 2. The Morgan fingerprint density at radius 1 is 1.00 bits per heavy atom. The molecule has 0 aliphatic carbocycles. The average Bonchev–Trinajstić information content (AvgIpc) is 2.42. The highest BCUT2D eigenvalue weighted by molar-refractivity contribution is 5.74. The Morgan fingerprint density at radius 3 is 2.47 bits per heavy atom. The molecule has 0 saturated carbocycles. The van der Waals surface area contributed by atoms with E-state index in [1.54, 1.807) is 12.4 Å². The summed E-state index contributed by atoms with van der Waals surface area (Å²) in [6.45, 7) is 8.35. The van der Waals surface area contributed by atoms with Crippen molar-refractivity contribution >= 4 is 11.0 Å². The van der Waals surface area contributed by atoms with Crippen molar-refractivity contribution in [1.82, 2.24) is 20.6 Å². The monoisotopic (exact) mass is 258 g/mol. The summed E-state index contributed by atoms with van der Waals surface area (Å²) in [5, 5.41) is 6.93. The van der Waals surface area contributed by atoms with E-state index in [1.165, 1.54) is 5.56 Å². The molecule has 0 fully saturated rings. The van der Waals surface area contributed by atoms with Crippen LogP contribution in [0.2, 0.25) is 0 Å².